The van der Waals surface area contributed by atoms with Gasteiger partial charge >= 0.3 is 0 Å². The van der Waals surface area contributed by atoms with E-state index in [2.05, 4.69) is 217 Å². The van der Waals surface area contributed by atoms with Gasteiger partial charge in [0.15, 0.2) is 0 Å². The van der Waals surface area contributed by atoms with E-state index < -0.39 is 0 Å². The Hall–Kier alpha value is -8.40. The van der Waals surface area contributed by atoms with E-state index in [1.54, 1.807) is 0 Å². The zero-order chi connectivity index (χ0) is 41.4. The Kier molecular flexibility index (Phi) is 7.91. The summed E-state index contributed by atoms with van der Waals surface area (Å²) in [7, 11) is 0. The van der Waals surface area contributed by atoms with E-state index in [4.69, 9.17) is 8.83 Å². The molecule has 0 spiro atoms. The molecule has 0 amide bonds. The number of anilines is 3. The highest BCUT2D eigenvalue weighted by Crippen LogP contribution is 2.48. The summed E-state index contributed by atoms with van der Waals surface area (Å²) in [6.45, 7) is 0. The van der Waals surface area contributed by atoms with Gasteiger partial charge in [-0.2, -0.15) is 0 Å². The number of nitrogens with zero attached hydrogens (tertiary/aromatic N) is 1. The van der Waals surface area contributed by atoms with Crippen molar-refractivity contribution in [2.45, 2.75) is 0 Å². The van der Waals surface area contributed by atoms with Crippen molar-refractivity contribution in [2.24, 2.45) is 0 Å². The number of benzene rings is 11. The van der Waals surface area contributed by atoms with Crippen molar-refractivity contribution >= 4 is 93.3 Å². The highest BCUT2D eigenvalue weighted by molar-refractivity contribution is 6.22. The van der Waals surface area contributed by atoms with Crippen LogP contribution in [0.3, 0.4) is 0 Å². The average Bonchev–Trinajstić information content (AvgIpc) is 3.93. The number of fused-ring (bicyclic) bond motifs is 11. The van der Waals surface area contributed by atoms with Crippen LogP contribution in [0.5, 0.6) is 0 Å². The first-order valence-corrected chi connectivity index (χ1v) is 21.5. The van der Waals surface area contributed by atoms with Gasteiger partial charge in [-0.25, -0.2) is 0 Å². The van der Waals surface area contributed by atoms with Crippen LogP contribution < -0.4 is 4.90 Å². The van der Waals surface area contributed by atoms with Crippen molar-refractivity contribution in [1.29, 1.82) is 0 Å². The fourth-order valence-electron chi connectivity index (χ4n) is 10.0. The van der Waals surface area contributed by atoms with E-state index in [1.165, 1.54) is 38.2 Å². The van der Waals surface area contributed by atoms with Crippen LogP contribution in [-0.4, -0.2) is 0 Å². The maximum absolute atomic E-state index is 6.77. The van der Waals surface area contributed by atoms with Crippen molar-refractivity contribution in [3.63, 3.8) is 0 Å². The fraction of sp³-hybridized carbons (Fsp3) is 0. The molecule has 294 valence electrons. The number of hydrogen-bond acceptors (Lipinski definition) is 3. The van der Waals surface area contributed by atoms with Crippen LogP contribution in [0.25, 0.3) is 110 Å². The van der Waals surface area contributed by atoms with Crippen LogP contribution in [0.2, 0.25) is 0 Å². The third kappa shape index (κ3) is 5.60. The summed E-state index contributed by atoms with van der Waals surface area (Å²) in [6.07, 6.45) is 0. The molecule has 3 nitrogen and oxygen atoms in total. The molecule has 0 saturated heterocycles. The zero-order valence-electron chi connectivity index (χ0n) is 34.1. The zero-order valence-corrected chi connectivity index (χ0v) is 34.1. The summed E-state index contributed by atoms with van der Waals surface area (Å²) in [5.74, 6) is 0. The normalized spacial score (nSPS) is 11.8. The van der Waals surface area contributed by atoms with Crippen LogP contribution in [-0.2, 0) is 0 Å². The molecule has 0 N–H and O–H groups in total. The lowest BCUT2D eigenvalue weighted by molar-refractivity contribution is 0.669. The molecular formula is C60H37NO2. The first-order valence-electron chi connectivity index (χ1n) is 21.5. The molecule has 63 heavy (non-hydrogen) atoms. The Morgan fingerprint density at radius 2 is 0.873 bits per heavy atom. The lowest BCUT2D eigenvalue weighted by atomic mass is 9.85. The van der Waals surface area contributed by atoms with Crippen molar-refractivity contribution in [3.8, 4) is 33.4 Å². The Morgan fingerprint density at radius 3 is 1.67 bits per heavy atom. The standard InChI is InChI=1S/C60H37NO2/c1-2-15-40(16-3-1)57-50-23-8-6-20-46(50)47-21-7-9-24-51(47)58(57)42-17-12-18-44(36-42)61(53-25-13-27-55-59(53)52-35-30-39-14-4-5-19-45(39)60(52)63-55)43-32-28-38(29-33-43)41-31-34-49-48-22-10-11-26-54(48)62-56(49)37-41/h1-37H. The third-order valence-electron chi connectivity index (χ3n) is 12.8. The Balaban J connectivity index is 1.04. The molecule has 11 aromatic carbocycles. The first-order chi connectivity index (χ1) is 31.2. The summed E-state index contributed by atoms with van der Waals surface area (Å²) in [5, 5.41) is 11.6. The fourth-order valence-corrected chi connectivity index (χ4v) is 10.0. The first kappa shape index (κ1) is 35.4. The quantitative estimate of drug-likeness (QED) is 0.157. The molecule has 13 aromatic rings. The van der Waals surface area contributed by atoms with Crippen LogP contribution in [0.15, 0.2) is 233 Å². The van der Waals surface area contributed by atoms with E-state index in [1.807, 2.05) is 12.1 Å². The summed E-state index contributed by atoms with van der Waals surface area (Å²) in [6, 6.07) is 80.6. The molecule has 0 fully saturated rings. The minimum absolute atomic E-state index is 0.850. The number of hydrogen-bond donors (Lipinski definition) is 0. The lowest BCUT2D eigenvalue weighted by Crippen LogP contribution is -2.10. The second-order valence-electron chi connectivity index (χ2n) is 16.4. The highest BCUT2D eigenvalue weighted by Gasteiger charge is 2.23. The van der Waals surface area contributed by atoms with Gasteiger partial charge in [0.25, 0.3) is 0 Å². The Morgan fingerprint density at radius 1 is 0.286 bits per heavy atom. The molecule has 0 bridgehead atoms. The Bertz CT molecular complexity index is 3910. The van der Waals surface area contributed by atoms with Gasteiger partial charge in [0.1, 0.15) is 22.3 Å². The predicted octanol–water partition coefficient (Wildman–Crippen LogP) is 17.4. The monoisotopic (exact) mass is 803 g/mol. The molecule has 2 aromatic heterocycles. The molecule has 3 heteroatoms. The second kappa shape index (κ2) is 14.1. The molecule has 0 aliphatic carbocycles. The maximum Gasteiger partial charge on any atom is 0.143 e. The van der Waals surface area contributed by atoms with Gasteiger partial charge in [-0.15, -0.1) is 0 Å². The summed E-state index contributed by atoms with van der Waals surface area (Å²) >= 11 is 0. The molecule has 0 radical (unpaired) electrons. The number of furan rings is 2. The van der Waals surface area contributed by atoms with Crippen molar-refractivity contribution in [1.82, 2.24) is 0 Å². The van der Waals surface area contributed by atoms with E-state index in [0.717, 1.165) is 88.4 Å². The van der Waals surface area contributed by atoms with Gasteiger partial charge in [-0.05, 0) is 121 Å². The molecule has 13 rings (SSSR count). The minimum Gasteiger partial charge on any atom is -0.456 e. The van der Waals surface area contributed by atoms with Crippen molar-refractivity contribution in [3.05, 3.63) is 224 Å². The Labute approximate surface area is 363 Å². The van der Waals surface area contributed by atoms with Crippen LogP contribution >= 0.6 is 0 Å². The molecule has 0 atom stereocenters. The third-order valence-corrected chi connectivity index (χ3v) is 12.8. The summed E-state index contributed by atoms with van der Waals surface area (Å²) in [5.41, 5.74) is 13.7. The minimum atomic E-state index is 0.850. The van der Waals surface area contributed by atoms with Gasteiger partial charge in [-0.1, -0.05) is 164 Å². The lowest BCUT2D eigenvalue weighted by Gasteiger charge is -2.27. The molecule has 2 heterocycles. The average molecular weight is 804 g/mol. The van der Waals surface area contributed by atoms with Crippen LogP contribution in [0, 0.1) is 0 Å². The topological polar surface area (TPSA) is 29.5 Å². The van der Waals surface area contributed by atoms with Crippen LogP contribution in [0.1, 0.15) is 0 Å². The number of para-hydroxylation sites is 1. The largest absolute Gasteiger partial charge is 0.456 e. The molecule has 0 saturated carbocycles. The maximum atomic E-state index is 6.77. The van der Waals surface area contributed by atoms with Gasteiger partial charge in [0.2, 0.25) is 0 Å². The smallest absolute Gasteiger partial charge is 0.143 e. The molecular weight excluding hydrogens is 767 g/mol. The molecule has 0 aliphatic heterocycles. The summed E-state index contributed by atoms with van der Waals surface area (Å²) in [4.78, 5) is 2.40. The summed E-state index contributed by atoms with van der Waals surface area (Å²) < 4.78 is 13.1. The van der Waals surface area contributed by atoms with Gasteiger partial charge in [-0.3, -0.25) is 0 Å². The van der Waals surface area contributed by atoms with Crippen molar-refractivity contribution < 1.29 is 8.83 Å². The van der Waals surface area contributed by atoms with E-state index in [9.17, 15) is 0 Å². The van der Waals surface area contributed by atoms with E-state index >= 15 is 0 Å². The number of rotatable bonds is 6. The molecule has 0 aliphatic rings. The van der Waals surface area contributed by atoms with Crippen molar-refractivity contribution in [2.75, 3.05) is 4.90 Å². The second-order valence-corrected chi connectivity index (χ2v) is 16.4. The molecule has 0 unspecified atom stereocenters. The predicted molar refractivity (Wildman–Crippen MR) is 265 cm³/mol. The highest BCUT2D eigenvalue weighted by atomic mass is 16.3. The van der Waals surface area contributed by atoms with Gasteiger partial charge < -0.3 is 13.7 Å². The van der Waals surface area contributed by atoms with E-state index in [0.29, 0.717) is 0 Å². The SMILES string of the molecule is c1ccc(-c2c(-c3cccc(N(c4ccc(-c5ccc6c(c5)oc5ccccc56)cc4)c4cccc5oc6c7ccccc7ccc6c45)c3)c3ccccc3c3ccccc23)cc1. The van der Waals surface area contributed by atoms with Gasteiger partial charge in [0, 0.05) is 32.9 Å². The van der Waals surface area contributed by atoms with Gasteiger partial charge in [0.05, 0.1) is 11.1 Å². The van der Waals surface area contributed by atoms with E-state index in [-0.39, 0.29) is 0 Å². The van der Waals surface area contributed by atoms with Crippen LogP contribution in [0.4, 0.5) is 17.1 Å².